The smallest absolute Gasteiger partial charge is 0.223 e. The van der Waals surface area contributed by atoms with E-state index in [0.717, 1.165) is 22.3 Å². The molecule has 3 heterocycles. The number of hydrogen-bond donors (Lipinski definition) is 1. The zero-order valence-corrected chi connectivity index (χ0v) is 15.7. The lowest BCUT2D eigenvalue weighted by Gasteiger charge is -2.10. The minimum atomic E-state index is 0.142. The number of anilines is 1. The van der Waals surface area contributed by atoms with E-state index in [1.54, 1.807) is 4.68 Å². The van der Waals surface area contributed by atoms with Crippen molar-refractivity contribution < 1.29 is 0 Å². The van der Waals surface area contributed by atoms with E-state index in [4.69, 9.17) is 17.3 Å². The van der Waals surface area contributed by atoms with Crippen LogP contribution in [-0.2, 0) is 6.54 Å². The fraction of sp³-hybridized carbons (Fsp3) is 0.412. The van der Waals surface area contributed by atoms with Crippen molar-refractivity contribution in [3.8, 4) is 0 Å². The molecule has 0 aliphatic heterocycles. The van der Waals surface area contributed by atoms with Gasteiger partial charge in [-0.2, -0.15) is 10.1 Å². The molecule has 0 fully saturated rings. The Kier molecular flexibility index (Phi) is 5.39. The van der Waals surface area contributed by atoms with Crippen molar-refractivity contribution in [3.63, 3.8) is 0 Å². The Morgan fingerprint density at radius 1 is 1.08 bits per heavy atom. The molecule has 3 aromatic heterocycles. The highest BCUT2D eigenvalue weighted by Crippen LogP contribution is 2.25. The molecule has 128 valence electrons. The average Bonchev–Trinajstić information content (AvgIpc) is 2.86. The van der Waals surface area contributed by atoms with Crippen LogP contribution in [0, 0.1) is 27.7 Å². The van der Waals surface area contributed by atoms with Crippen molar-refractivity contribution in [2.24, 2.45) is 0 Å². The number of pyridine rings is 1. The van der Waals surface area contributed by atoms with Gasteiger partial charge in [0.05, 0.1) is 23.3 Å². The Morgan fingerprint density at radius 2 is 1.75 bits per heavy atom. The summed E-state index contributed by atoms with van der Waals surface area (Å²) < 4.78 is 1.78. The fourth-order valence-electron chi connectivity index (χ4n) is 2.51. The summed E-state index contributed by atoms with van der Waals surface area (Å²) in [4.78, 5) is 12.8. The molecule has 0 saturated heterocycles. The third-order valence-corrected chi connectivity index (χ3v) is 4.31. The molecule has 0 aliphatic carbocycles. The van der Waals surface area contributed by atoms with Crippen LogP contribution >= 0.6 is 11.6 Å². The summed E-state index contributed by atoms with van der Waals surface area (Å²) in [5.74, 6) is 0.142. The summed E-state index contributed by atoms with van der Waals surface area (Å²) in [7, 11) is 0. The molecular formula is C17H23ClN6. The predicted molar refractivity (Wildman–Crippen MR) is 98.4 cm³/mol. The number of hydrogen-bond acceptors (Lipinski definition) is 5. The Labute approximate surface area is 147 Å². The van der Waals surface area contributed by atoms with Crippen LogP contribution in [0.4, 0.5) is 5.95 Å². The average molecular weight is 347 g/mol. The van der Waals surface area contributed by atoms with Crippen molar-refractivity contribution in [1.29, 1.82) is 0 Å². The molecule has 6 nitrogen and oxygen atoms in total. The molecule has 0 aliphatic rings. The van der Waals surface area contributed by atoms with Crippen molar-refractivity contribution in [3.05, 3.63) is 39.4 Å². The van der Waals surface area contributed by atoms with Gasteiger partial charge in [-0.05, 0) is 44.4 Å². The zero-order valence-electron chi connectivity index (χ0n) is 15.0. The minimum absolute atomic E-state index is 0.142. The Balaban J connectivity index is 0.00000100. The van der Waals surface area contributed by atoms with Gasteiger partial charge in [-0.15, -0.1) is 0 Å². The molecule has 0 spiro atoms. The monoisotopic (exact) mass is 346 g/mol. The minimum Gasteiger partial charge on any atom is -0.368 e. The third-order valence-electron chi connectivity index (χ3n) is 4.04. The predicted octanol–water partition coefficient (Wildman–Crippen LogP) is 3.77. The summed E-state index contributed by atoms with van der Waals surface area (Å²) in [5.41, 5.74) is 11.7. The first kappa shape index (κ1) is 18.1. The van der Waals surface area contributed by atoms with Crippen molar-refractivity contribution in [2.45, 2.75) is 48.1 Å². The number of halogens is 1. The highest BCUT2D eigenvalue weighted by Gasteiger charge is 2.16. The standard InChI is InChI=1S/C15H17ClN6.C2H6/c1-7-5-18-11(9(3)8(7)2)6-22-14-12(10(4)21-22)13(16)19-15(17)20-14;1-2/h5H,6H2,1-4H3,(H2,17,19,20);1-2H3. The van der Waals surface area contributed by atoms with Crippen LogP contribution in [0.5, 0.6) is 0 Å². The summed E-state index contributed by atoms with van der Waals surface area (Å²) in [5, 5.41) is 5.58. The molecule has 0 aromatic carbocycles. The maximum Gasteiger partial charge on any atom is 0.223 e. The zero-order chi connectivity index (χ0) is 18.0. The van der Waals surface area contributed by atoms with Gasteiger partial charge in [-0.3, -0.25) is 4.98 Å². The van der Waals surface area contributed by atoms with E-state index in [1.165, 1.54) is 11.1 Å². The summed E-state index contributed by atoms with van der Waals surface area (Å²) in [6, 6.07) is 0. The van der Waals surface area contributed by atoms with E-state index in [2.05, 4.69) is 40.8 Å². The van der Waals surface area contributed by atoms with E-state index >= 15 is 0 Å². The number of rotatable bonds is 2. The second kappa shape index (κ2) is 7.13. The molecule has 0 saturated carbocycles. The lowest BCUT2D eigenvalue weighted by Crippen LogP contribution is -2.08. The van der Waals surface area contributed by atoms with Crippen LogP contribution < -0.4 is 5.73 Å². The highest BCUT2D eigenvalue weighted by atomic mass is 35.5. The normalized spacial score (nSPS) is 10.6. The van der Waals surface area contributed by atoms with E-state index in [-0.39, 0.29) is 5.95 Å². The molecule has 24 heavy (non-hydrogen) atoms. The SMILES string of the molecule is CC.Cc1cnc(Cn2nc(C)c3c(Cl)nc(N)nc32)c(C)c1C. The summed E-state index contributed by atoms with van der Waals surface area (Å²) in [6.45, 7) is 12.6. The van der Waals surface area contributed by atoms with E-state index in [0.29, 0.717) is 17.3 Å². The number of nitrogens with zero attached hydrogens (tertiary/aromatic N) is 5. The van der Waals surface area contributed by atoms with E-state index in [9.17, 15) is 0 Å². The Morgan fingerprint density at radius 3 is 2.42 bits per heavy atom. The molecular weight excluding hydrogens is 324 g/mol. The van der Waals surface area contributed by atoms with Gasteiger partial charge in [0.15, 0.2) is 5.65 Å². The molecule has 0 bridgehead atoms. The summed E-state index contributed by atoms with van der Waals surface area (Å²) >= 11 is 6.16. The maximum absolute atomic E-state index is 6.16. The number of aryl methyl sites for hydroxylation is 2. The highest BCUT2D eigenvalue weighted by molar-refractivity contribution is 6.34. The second-order valence-corrected chi connectivity index (χ2v) is 5.81. The lowest BCUT2D eigenvalue weighted by molar-refractivity contribution is 0.677. The first-order chi connectivity index (χ1) is 11.4. The topological polar surface area (TPSA) is 82.5 Å². The number of nitrogen functional groups attached to an aromatic ring is 1. The third kappa shape index (κ3) is 3.19. The van der Waals surface area contributed by atoms with Crippen LogP contribution in [0.2, 0.25) is 5.15 Å². The van der Waals surface area contributed by atoms with Gasteiger partial charge in [-0.25, -0.2) is 9.67 Å². The van der Waals surface area contributed by atoms with Gasteiger partial charge in [-0.1, -0.05) is 25.4 Å². The van der Waals surface area contributed by atoms with E-state index < -0.39 is 0 Å². The van der Waals surface area contributed by atoms with Crippen molar-refractivity contribution in [1.82, 2.24) is 24.7 Å². The largest absolute Gasteiger partial charge is 0.368 e. The fourth-order valence-corrected chi connectivity index (χ4v) is 2.81. The van der Waals surface area contributed by atoms with Crippen LogP contribution in [-0.4, -0.2) is 24.7 Å². The molecule has 0 amide bonds. The van der Waals surface area contributed by atoms with Gasteiger partial charge < -0.3 is 5.73 Å². The molecule has 0 radical (unpaired) electrons. The number of fused-ring (bicyclic) bond motifs is 1. The van der Waals surface area contributed by atoms with Gasteiger partial charge in [0.2, 0.25) is 5.95 Å². The molecule has 0 atom stereocenters. The summed E-state index contributed by atoms with van der Waals surface area (Å²) in [6.07, 6.45) is 1.88. The quantitative estimate of drug-likeness (QED) is 0.714. The number of nitrogens with two attached hydrogens (primary N) is 1. The van der Waals surface area contributed by atoms with Crippen molar-refractivity contribution in [2.75, 3.05) is 5.73 Å². The Bertz CT molecular complexity index is 885. The first-order valence-corrected chi connectivity index (χ1v) is 8.34. The second-order valence-electron chi connectivity index (χ2n) is 5.45. The van der Waals surface area contributed by atoms with Crippen LogP contribution in [0.3, 0.4) is 0 Å². The molecule has 2 N–H and O–H groups in total. The first-order valence-electron chi connectivity index (χ1n) is 7.96. The van der Waals surface area contributed by atoms with E-state index in [1.807, 2.05) is 27.0 Å². The van der Waals surface area contributed by atoms with Crippen LogP contribution in [0.15, 0.2) is 6.20 Å². The van der Waals surface area contributed by atoms with Gasteiger partial charge in [0.25, 0.3) is 0 Å². The van der Waals surface area contributed by atoms with Gasteiger partial charge in [0, 0.05) is 6.20 Å². The molecule has 3 rings (SSSR count). The molecule has 3 aromatic rings. The lowest BCUT2D eigenvalue weighted by atomic mass is 10.1. The van der Waals surface area contributed by atoms with Crippen molar-refractivity contribution >= 4 is 28.6 Å². The van der Waals surface area contributed by atoms with Crippen LogP contribution in [0.1, 0.15) is 41.9 Å². The number of aromatic nitrogens is 5. The Hall–Kier alpha value is -2.21. The van der Waals surface area contributed by atoms with Crippen LogP contribution in [0.25, 0.3) is 11.0 Å². The molecule has 7 heteroatoms. The van der Waals surface area contributed by atoms with Gasteiger partial charge in [0.1, 0.15) is 5.15 Å². The molecule has 0 unspecified atom stereocenters. The van der Waals surface area contributed by atoms with Gasteiger partial charge >= 0.3 is 0 Å². The maximum atomic E-state index is 6.16.